The van der Waals surface area contributed by atoms with Gasteiger partial charge in [-0.25, -0.2) is 0 Å². The molecule has 0 aliphatic rings. The second-order valence-corrected chi connectivity index (χ2v) is 5.68. The number of pyridine rings is 1. The predicted molar refractivity (Wildman–Crippen MR) is 86.4 cm³/mol. The number of para-hydroxylation sites is 1. The van der Waals surface area contributed by atoms with Gasteiger partial charge >= 0.3 is 0 Å². The molecule has 4 nitrogen and oxygen atoms in total. The molecule has 1 heterocycles. The van der Waals surface area contributed by atoms with Crippen molar-refractivity contribution in [1.29, 1.82) is 0 Å². The van der Waals surface area contributed by atoms with Crippen molar-refractivity contribution in [3.8, 4) is 0 Å². The molecule has 0 aliphatic carbocycles. The number of aliphatic hydroxyl groups excluding tert-OH is 1. The number of hydrogen-bond donors (Lipinski definition) is 3. The van der Waals surface area contributed by atoms with Crippen molar-refractivity contribution in [1.82, 2.24) is 10.3 Å². The first-order chi connectivity index (χ1) is 10.1. The van der Waals surface area contributed by atoms with Crippen molar-refractivity contribution in [2.24, 2.45) is 5.41 Å². The normalized spacial score (nSPS) is 12.0. The van der Waals surface area contributed by atoms with Gasteiger partial charge in [0.25, 0.3) is 5.56 Å². The molecule has 0 spiro atoms. The van der Waals surface area contributed by atoms with Crippen molar-refractivity contribution in [2.45, 2.75) is 33.2 Å². The number of aromatic amines is 1. The first kappa shape index (κ1) is 15.7. The first-order valence-electron chi connectivity index (χ1n) is 7.56. The maximum Gasteiger partial charge on any atom is 0.252 e. The van der Waals surface area contributed by atoms with Gasteiger partial charge in [-0.3, -0.25) is 4.79 Å². The highest BCUT2D eigenvalue weighted by Crippen LogP contribution is 2.24. The fraction of sp³-hybridized carbons (Fsp3) is 0.471. The molecule has 1 aromatic carbocycles. The summed E-state index contributed by atoms with van der Waals surface area (Å²) in [5.74, 6) is 0. The van der Waals surface area contributed by atoms with Crippen LogP contribution >= 0.6 is 0 Å². The van der Waals surface area contributed by atoms with Gasteiger partial charge in [0, 0.05) is 36.2 Å². The van der Waals surface area contributed by atoms with E-state index in [2.05, 4.69) is 24.1 Å². The Bertz CT molecular complexity index is 636. The topological polar surface area (TPSA) is 65.1 Å². The molecule has 0 bridgehead atoms. The third kappa shape index (κ3) is 3.52. The van der Waals surface area contributed by atoms with E-state index < -0.39 is 0 Å². The summed E-state index contributed by atoms with van der Waals surface area (Å²) < 4.78 is 0. The number of rotatable bonds is 7. The lowest BCUT2D eigenvalue weighted by Gasteiger charge is -2.29. The average Bonchev–Trinajstić information content (AvgIpc) is 2.52. The molecule has 21 heavy (non-hydrogen) atoms. The molecule has 0 saturated heterocycles. The Morgan fingerprint density at radius 1 is 1.24 bits per heavy atom. The van der Waals surface area contributed by atoms with Gasteiger partial charge in [0.05, 0.1) is 0 Å². The lowest BCUT2D eigenvalue weighted by atomic mass is 9.83. The van der Waals surface area contributed by atoms with Crippen LogP contribution in [0.4, 0.5) is 0 Å². The zero-order valence-electron chi connectivity index (χ0n) is 12.8. The highest BCUT2D eigenvalue weighted by molar-refractivity contribution is 5.78. The molecule has 3 N–H and O–H groups in total. The summed E-state index contributed by atoms with van der Waals surface area (Å²) in [6.07, 6.45) is 1.84. The Morgan fingerprint density at radius 2 is 1.95 bits per heavy atom. The van der Waals surface area contributed by atoms with Gasteiger partial charge < -0.3 is 15.4 Å². The summed E-state index contributed by atoms with van der Waals surface area (Å²) in [5.41, 5.74) is 1.44. The van der Waals surface area contributed by atoms with Gasteiger partial charge in [-0.1, -0.05) is 32.0 Å². The van der Waals surface area contributed by atoms with Crippen molar-refractivity contribution in [3.63, 3.8) is 0 Å². The van der Waals surface area contributed by atoms with E-state index in [9.17, 15) is 9.90 Å². The van der Waals surface area contributed by atoms with E-state index >= 15 is 0 Å². The molecule has 0 amide bonds. The standard InChI is InChI=1S/C17H24N2O2/c1-3-17(4-2,12-20)11-18-10-14-9-13-7-5-6-8-15(13)19-16(14)21/h5-9,18,20H,3-4,10-12H2,1-2H3,(H,19,21). The Kier molecular flexibility index (Phi) is 5.15. The summed E-state index contributed by atoms with van der Waals surface area (Å²) in [6, 6.07) is 9.70. The summed E-state index contributed by atoms with van der Waals surface area (Å²) in [5, 5.41) is 13.9. The highest BCUT2D eigenvalue weighted by Gasteiger charge is 2.24. The summed E-state index contributed by atoms with van der Waals surface area (Å²) in [7, 11) is 0. The van der Waals surface area contributed by atoms with Crippen LogP contribution in [0.3, 0.4) is 0 Å². The SMILES string of the molecule is CCC(CC)(CO)CNCc1cc2ccccc2[nH]c1=O. The molecular formula is C17H24N2O2. The van der Waals surface area contributed by atoms with E-state index in [-0.39, 0.29) is 17.6 Å². The van der Waals surface area contributed by atoms with Crippen LogP contribution in [0.2, 0.25) is 0 Å². The zero-order valence-corrected chi connectivity index (χ0v) is 12.8. The van der Waals surface area contributed by atoms with E-state index in [1.54, 1.807) is 0 Å². The molecule has 0 unspecified atom stereocenters. The second-order valence-electron chi connectivity index (χ2n) is 5.68. The number of aromatic nitrogens is 1. The minimum absolute atomic E-state index is 0.0520. The maximum absolute atomic E-state index is 12.1. The van der Waals surface area contributed by atoms with Crippen molar-refractivity contribution < 1.29 is 5.11 Å². The van der Waals surface area contributed by atoms with Crippen molar-refractivity contribution in [2.75, 3.05) is 13.2 Å². The predicted octanol–water partition coefficient (Wildman–Crippen LogP) is 2.42. The van der Waals surface area contributed by atoms with Gasteiger partial charge in [-0.2, -0.15) is 0 Å². The minimum atomic E-state index is -0.0936. The van der Waals surface area contributed by atoms with Crippen LogP contribution < -0.4 is 10.9 Å². The quantitative estimate of drug-likeness (QED) is 0.733. The molecule has 2 aromatic rings. The van der Waals surface area contributed by atoms with Gasteiger partial charge in [0.1, 0.15) is 0 Å². The van der Waals surface area contributed by atoms with E-state index in [0.29, 0.717) is 13.1 Å². The molecule has 0 aliphatic heterocycles. The van der Waals surface area contributed by atoms with Crippen molar-refractivity contribution >= 4 is 10.9 Å². The van der Waals surface area contributed by atoms with E-state index in [1.165, 1.54) is 0 Å². The lowest BCUT2D eigenvalue weighted by Crippen LogP contribution is -2.37. The maximum atomic E-state index is 12.1. The number of hydrogen-bond acceptors (Lipinski definition) is 3. The summed E-state index contributed by atoms with van der Waals surface area (Å²) in [4.78, 5) is 15.0. The molecule has 2 rings (SSSR count). The third-order valence-corrected chi connectivity index (χ3v) is 4.48. The van der Waals surface area contributed by atoms with Crippen LogP contribution in [0.15, 0.2) is 35.1 Å². The Hall–Kier alpha value is -1.65. The lowest BCUT2D eigenvalue weighted by molar-refractivity contribution is 0.113. The highest BCUT2D eigenvalue weighted by atomic mass is 16.3. The smallest absolute Gasteiger partial charge is 0.252 e. The molecular weight excluding hydrogens is 264 g/mol. The van der Waals surface area contributed by atoms with Gasteiger partial charge in [0.15, 0.2) is 0 Å². The van der Waals surface area contributed by atoms with Crippen LogP contribution in [-0.2, 0) is 6.54 Å². The number of nitrogens with one attached hydrogen (secondary N) is 2. The van der Waals surface area contributed by atoms with E-state index in [1.807, 2.05) is 30.3 Å². The van der Waals surface area contributed by atoms with Gasteiger partial charge in [0.2, 0.25) is 0 Å². The van der Waals surface area contributed by atoms with E-state index in [4.69, 9.17) is 0 Å². The number of fused-ring (bicyclic) bond motifs is 1. The minimum Gasteiger partial charge on any atom is -0.396 e. The summed E-state index contributed by atoms with van der Waals surface area (Å²) in [6.45, 7) is 5.57. The Balaban J connectivity index is 2.10. The van der Waals surface area contributed by atoms with Gasteiger partial charge in [-0.05, 0) is 30.4 Å². The molecule has 114 valence electrons. The van der Waals surface area contributed by atoms with Crippen LogP contribution in [0.5, 0.6) is 0 Å². The number of aliphatic hydroxyl groups is 1. The Morgan fingerprint density at radius 3 is 2.62 bits per heavy atom. The summed E-state index contributed by atoms with van der Waals surface area (Å²) >= 11 is 0. The molecule has 1 aromatic heterocycles. The van der Waals surface area contributed by atoms with Gasteiger partial charge in [-0.15, -0.1) is 0 Å². The van der Waals surface area contributed by atoms with Crippen LogP contribution in [0.25, 0.3) is 10.9 Å². The molecule has 4 heteroatoms. The molecule has 0 saturated carbocycles. The average molecular weight is 288 g/mol. The number of H-pyrrole nitrogens is 1. The molecule has 0 atom stereocenters. The molecule has 0 radical (unpaired) electrons. The Labute approximate surface area is 125 Å². The fourth-order valence-corrected chi connectivity index (χ4v) is 2.57. The van der Waals surface area contributed by atoms with Crippen LogP contribution in [0, 0.1) is 5.41 Å². The monoisotopic (exact) mass is 288 g/mol. The fourth-order valence-electron chi connectivity index (χ4n) is 2.57. The number of benzene rings is 1. The largest absolute Gasteiger partial charge is 0.396 e. The second kappa shape index (κ2) is 6.87. The van der Waals surface area contributed by atoms with Crippen LogP contribution in [0.1, 0.15) is 32.3 Å². The van der Waals surface area contributed by atoms with Crippen molar-refractivity contribution in [3.05, 3.63) is 46.2 Å². The van der Waals surface area contributed by atoms with Crippen LogP contribution in [-0.4, -0.2) is 23.2 Å². The first-order valence-corrected chi connectivity index (χ1v) is 7.56. The van der Waals surface area contributed by atoms with E-state index in [0.717, 1.165) is 29.3 Å². The zero-order chi connectivity index (χ0) is 15.3. The molecule has 0 fully saturated rings. The third-order valence-electron chi connectivity index (χ3n) is 4.48.